The minimum Gasteiger partial charge on any atom is -0.480 e. The molecule has 3 atom stereocenters. The molecule has 1 aromatic carbocycles. The molecule has 1 aliphatic rings. The quantitative estimate of drug-likeness (QED) is 0.0913. The number of carboxylic acid groups (broad SMARTS) is 1. The van der Waals surface area contributed by atoms with Gasteiger partial charge in [-0.05, 0) is 57.6 Å². The molecule has 0 spiro atoms. The van der Waals surface area contributed by atoms with Crippen LogP contribution in [-0.4, -0.2) is 65.2 Å². The zero-order chi connectivity index (χ0) is 32.9. The van der Waals surface area contributed by atoms with Gasteiger partial charge in [-0.15, -0.1) is 14.5 Å². The number of rotatable bonds is 14. The van der Waals surface area contributed by atoms with Crippen molar-refractivity contribution in [2.75, 3.05) is 36.5 Å². The number of alkyl carbamates (subject to hydrolysis) is 1. The second-order valence-electron chi connectivity index (χ2n) is 12.3. The molecule has 2 aromatic heterocycles. The fourth-order valence-electron chi connectivity index (χ4n) is 4.74. The van der Waals surface area contributed by atoms with Gasteiger partial charge in [0.25, 0.3) is 0 Å². The number of benzene rings is 1. The number of nitrogens with zero attached hydrogens (tertiary/aromatic N) is 5. The van der Waals surface area contributed by atoms with Gasteiger partial charge in [0, 0.05) is 20.0 Å². The number of carbonyl (C=O) groups is 2. The first-order chi connectivity index (χ1) is 21.2. The summed E-state index contributed by atoms with van der Waals surface area (Å²) in [5, 5.41) is 21.4. The highest BCUT2D eigenvalue weighted by molar-refractivity contribution is 7.95. The molecular formula is C30H39ClN6O7S. The van der Waals surface area contributed by atoms with Crippen molar-refractivity contribution in [3.8, 4) is 11.5 Å². The van der Waals surface area contributed by atoms with Crippen molar-refractivity contribution in [2.24, 2.45) is 11.8 Å². The van der Waals surface area contributed by atoms with Crippen molar-refractivity contribution in [1.82, 2.24) is 20.5 Å². The number of carboxylic acids is 1. The number of nitrogens with one attached hydrogen (secondary N) is 1. The average Bonchev–Trinajstić information content (AvgIpc) is 3.41. The molecule has 0 radical (unpaired) electrons. The topological polar surface area (TPSA) is 152 Å². The van der Waals surface area contributed by atoms with Gasteiger partial charge >= 0.3 is 12.1 Å². The number of halogens is 1. The van der Waals surface area contributed by atoms with Gasteiger partial charge in [-0.1, -0.05) is 48.9 Å². The van der Waals surface area contributed by atoms with Gasteiger partial charge in [0.2, 0.25) is 11.8 Å². The summed E-state index contributed by atoms with van der Waals surface area (Å²) in [5.41, 5.74) is -0.668. The predicted molar refractivity (Wildman–Crippen MR) is 171 cm³/mol. The van der Waals surface area contributed by atoms with Gasteiger partial charge in [-0.3, -0.25) is 9.10 Å². The Labute approximate surface area is 271 Å². The Bertz CT molecular complexity index is 1490. The van der Waals surface area contributed by atoms with Crippen molar-refractivity contribution < 1.29 is 33.1 Å². The molecule has 0 bridgehead atoms. The fraction of sp³-hybridized carbons (Fsp3) is 0.500. The number of pyridine rings is 1. The van der Waals surface area contributed by atoms with Crippen LogP contribution in [0, 0.1) is 11.8 Å². The second-order valence-corrected chi connectivity index (χ2v) is 13.5. The van der Waals surface area contributed by atoms with Crippen LogP contribution in [0.1, 0.15) is 52.5 Å². The normalized spacial score (nSPS) is 17.3. The van der Waals surface area contributed by atoms with E-state index >= 15 is 0 Å². The molecule has 1 aliphatic carbocycles. The molecule has 45 heavy (non-hydrogen) atoms. The molecule has 244 valence electrons. The summed E-state index contributed by atoms with van der Waals surface area (Å²) in [7, 11) is 3.03. The molecule has 0 aliphatic heterocycles. The molecule has 4 rings (SSSR count). The predicted octanol–water partition coefficient (Wildman–Crippen LogP) is 5.89. The van der Waals surface area contributed by atoms with Crippen LogP contribution in [-0.2, 0) is 30.7 Å². The number of hydrogen-bond acceptors (Lipinski definition) is 12. The molecule has 15 heteroatoms. The van der Waals surface area contributed by atoms with Crippen molar-refractivity contribution >= 4 is 47.5 Å². The molecular weight excluding hydrogens is 624 g/mol. The van der Waals surface area contributed by atoms with Gasteiger partial charge in [0.1, 0.15) is 23.5 Å². The highest BCUT2D eigenvalue weighted by Gasteiger charge is 2.38. The first-order valence-electron chi connectivity index (χ1n) is 14.4. The summed E-state index contributed by atoms with van der Waals surface area (Å²) in [6.45, 7) is 9.44. The molecule has 2 heterocycles. The van der Waals surface area contributed by atoms with E-state index < -0.39 is 23.2 Å². The zero-order valence-electron chi connectivity index (χ0n) is 26.4. The maximum Gasteiger partial charge on any atom is 0.408 e. The largest absolute Gasteiger partial charge is 0.480 e. The van der Waals surface area contributed by atoms with Crippen LogP contribution >= 0.6 is 23.8 Å². The summed E-state index contributed by atoms with van der Waals surface area (Å²) >= 11 is 7.72. The van der Waals surface area contributed by atoms with Crippen LogP contribution in [0.3, 0.4) is 0 Å². The van der Waals surface area contributed by atoms with Gasteiger partial charge in [-0.2, -0.15) is 0 Å². The van der Waals surface area contributed by atoms with Crippen molar-refractivity contribution in [3.05, 3.63) is 52.9 Å². The number of carbonyl (C=O) groups excluding carboxylic acids is 1. The maximum absolute atomic E-state index is 13.0. The SMILES string of the molecule is COOSN(C)c1nc(N(CC(=O)O)CC2CC2C)cc(-c2nnc([C@@](C)(Cc3ccccc3)NC(=O)OC(C)(C)C)o2)c1Cl. The number of anilines is 2. The molecule has 0 saturated heterocycles. The number of aliphatic carboxylic acids is 1. The summed E-state index contributed by atoms with van der Waals surface area (Å²) in [6.07, 6.45) is 0.663. The molecule has 3 aromatic rings. The highest BCUT2D eigenvalue weighted by atomic mass is 35.5. The van der Waals surface area contributed by atoms with Crippen molar-refractivity contribution in [3.63, 3.8) is 0 Å². The average molecular weight is 663 g/mol. The minimum absolute atomic E-state index is 0.0475. The summed E-state index contributed by atoms with van der Waals surface area (Å²) < 4.78 is 18.3. The van der Waals surface area contributed by atoms with E-state index in [1.165, 1.54) is 11.4 Å². The Kier molecular flexibility index (Phi) is 10.8. The van der Waals surface area contributed by atoms with Crippen LogP contribution in [0.2, 0.25) is 5.02 Å². The van der Waals surface area contributed by atoms with E-state index in [0.717, 1.165) is 24.2 Å². The Morgan fingerprint density at radius 2 is 1.89 bits per heavy atom. The Hall–Kier alpha value is -3.59. The highest BCUT2D eigenvalue weighted by Crippen LogP contribution is 2.42. The lowest BCUT2D eigenvalue weighted by atomic mass is 9.92. The van der Waals surface area contributed by atoms with Crippen LogP contribution < -0.4 is 14.5 Å². The number of amides is 1. The van der Waals surface area contributed by atoms with E-state index in [1.807, 2.05) is 30.3 Å². The van der Waals surface area contributed by atoms with Gasteiger partial charge in [0.05, 0.1) is 17.7 Å². The first kappa shape index (κ1) is 34.3. The lowest BCUT2D eigenvalue weighted by molar-refractivity contribution is -0.160. The van der Waals surface area contributed by atoms with E-state index in [4.69, 9.17) is 35.0 Å². The molecule has 13 nitrogen and oxygen atoms in total. The molecule has 1 fully saturated rings. The minimum atomic E-state index is -1.17. The standard InChI is InChI=1S/C30H39ClN6O7S/c1-18-13-20(18)16-37(17-23(38)39)22-14-21(24(31)25(32-22)36(6)45-44-41-7)26-34-35-27(42-26)30(5,15-19-11-9-8-10-12-19)33-28(40)43-29(2,3)4/h8-12,14,18,20H,13,15-17H2,1-7H3,(H,33,40)(H,38,39)/t18?,20?,30-/m1/s1. The second kappa shape index (κ2) is 14.2. The number of aromatic nitrogens is 3. The van der Waals surface area contributed by atoms with Gasteiger partial charge in [0.15, 0.2) is 18.0 Å². The Balaban J connectivity index is 1.78. The maximum atomic E-state index is 13.0. The first-order valence-corrected chi connectivity index (χ1v) is 15.4. The Morgan fingerprint density at radius 1 is 1.20 bits per heavy atom. The number of hydrogen-bond donors (Lipinski definition) is 2. The lowest BCUT2D eigenvalue weighted by Gasteiger charge is -2.29. The van der Waals surface area contributed by atoms with Crippen molar-refractivity contribution in [1.29, 1.82) is 0 Å². The smallest absolute Gasteiger partial charge is 0.408 e. The third-order valence-electron chi connectivity index (χ3n) is 7.12. The lowest BCUT2D eigenvalue weighted by Crippen LogP contribution is -2.47. The molecule has 2 unspecified atom stereocenters. The van der Waals surface area contributed by atoms with Gasteiger partial charge in [-0.25, -0.2) is 14.7 Å². The summed E-state index contributed by atoms with van der Waals surface area (Å²) in [6, 6.07) is 11.2. The van der Waals surface area contributed by atoms with Crippen LogP contribution in [0.25, 0.3) is 11.5 Å². The monoisotopic (exact) mass is 662 g/mol. The fourth-order valence-corrected chi connectivity index (χ4v) is 5.45. The zero-order valence-corrected chi connectivity index (χ0v) is 27.9. The third-order valence-corrected chi connectivity index (χ3v) is 8.09. The molecule has 1 amide bonds. The van der Waals surface area contributed by atoms with E-state index in [-0.39, 0.29) is 29.2 Å². The Morgan fingerprint density at radius 3 is 2.49 bits per heavy atom. The van der Waals surface area contributed by atoms with E-state index in [2.05, 4.69) is 22.4 Å². The van der Waals surface area contributed by atoms with Crippen LogP contribution in [0.4, 0.5) is 16.4 Å². The molecule has 2 N–H and O–H groups in total. The van der Waals surface area contributed by atoms with E-state index in [1.54, 1.807) is 45.7 Å². The number of ether oxygens (including phenoxy) is 1. The summed E-state index contributed by atoms with van der Waals surface area (Å²) in [4.78, 5) is 35.9. The van der Waals surface area contributed by atoms with Gasteiger partial charge < -0.3 is 24.5 Å². The van der Waals surface area contributed by atoms with E-state index in [0.29, 0.717) is 36.2 Å². The van der Waals surface area contributed by atoms with E-state index in [9.17, 15) is 14.7 Å². The molecule has 1 saturated carbocycles. The van der Waals surface area contributed by atoms with Crippen LogP contribution in [0.5, 0.6) is 0 Å². The van der Waals surface area contributed by atoms with Crippen LogP contribution in [0.15, 0.2) is 40.8 Å². The van der Waals surface area contributed by atoms with Crippen molar-refractivity contribution in [2.45, 2.75) is 58.6 Å². The summed E-state index contributed by atoms with van der Waals surface area (Å²) in [5.74, 6) is 0.593. The third kappa shape index (κ3) is 9.22.